The number of benzene rings is 1. The molecule has 0 spiro atoms. The third-order valence-corrected chi connectivity index (χ3v) is 8.18. The Morgan fingerprint density at radius 1 is 1.21 bits per heavy atom. The zero-order chi connectivity index (χ0) is 26.8. The van der Waals surface area contributed by atoms with Gasteiger partial charge in [0.2, 0.25) is 0 Å². The molecule has 3 aromatic rings. The van der Waals surface area contributed by atoms with Gasteiger partial charge in [-0.1, -0.05) is 11.6 Å². The zero-order valence-electron chi connectivity index (χ0n) is 20.7. The number of pyridine rings is 1. The van der Waals surface area contributed by atoms with Gasteiger partial charge < -0.3 is 34.5 Å². The van der Waals surface area contributed by atoms with Gasteiger partial charge in [0.25, 0.3) is 11.9 Å². The Labute approximate surface area is 226 Å². The fraction of sp³-hybridized carbons (Fsp3) is 0.500. The molecule has 1 unspecified atom stereocenters. The van der Waals surface area contributed by atoms with E-state index in [1.807, 2.05) is 0 Å². The van der Waals surface area contributed by atoms with Crippen molar-refractivity contribution in [3.05, 3.63) is 45.7 Å². The highest BCUT2D eigenvalue weighted by atomic mass is 35.5. The van der Waals surface area contributed by atoms with E-state index in [-0.39, 0.29) is 43.3 Å². The Morgan fingerprint density at radius 2 is 2.05 bits per heavy atom. The number of ether oxygens (including phenoxy) is 3. The smallest absolute Gasteiger partial charge is 0.296 e. The Balaban J connectivity index is 1.09. The normalized spacial score (nSPS) is 29.7. The van der Waals surface area contributed by atoms with Crippen LogP contribution in [0.3, 0.4) is 0 Å². The van der Waals surface area contributed by atoms with Crippen LogP contribution in [0.5, 0.6) is 6.01 Å². The first-order valence-electron chi connectivity index (χ1n) is 13.0. The molecule has 2 aromatic heterocycles. The van der Waals surface area contributed by atoms with Gasteiger partial charge in [-0.05, 0) is 43.0 Å². The van der Waals surface area contributed by atoms with E-state index in [4.69, 9.17) is 25.8 Å². The average molecular weight is 562 g/mol. The van der Waals surface area contributed by atoms with Crippen LogP contribution in [-0.2, 0) is 15.9 Å². The lowest BCUT2D eigenvalue weighted by atomic mass is 10.0. The van der Waals surface area contributed by atoms with Gasteiger partial charge in [0.15, 0.2) is 11.8 Å². The number of nitrogens with one attached hydrogen (secondary N) is 2. The van der Waals surface area contributed by atoms with Crippen molar-refractivity contribution in [2.45, 2.75) is 55.9 Å². The van der Waals surface area contributed by atoms with Crippen molar-refractivity contribution < 1.29 is 32.9 Å². The first kappa shape index (κ1) is 24.9. The summed E-state index contributed by atoms with van der Waals surface area (Å²) in [5, 5.41) is 13.5. The van der Waals surface area contributed by atoms with Crippen LogP contribution in [0.1, 0.15) is 40.4 Å². The number of alkyl halides is 1. The highest BCUT2D eigenvalue weighted by Gasteiger charge is 2.48. The Morgan fingerprint density at radius 3 is 2.87 bits per heavy atom. The van der Waals surface area contributed by atoms with E-state index in [1.165, 1.54) is 11.0 Å². The van der Waals surface area contributed by atoms with E-state index < -0.39 is 36.3 Å². The zero-order valence-corrected chi connectivity index (χ0v) is 21.5. The van der Waals surface area contributed by atoms with Crippen LogP contribution in [-0.4, -0.2) is 87.8 Å². The fourth-order valence-corrected chi connectivity index (χ4v) is 6.18. The number of aliphatic hydroxyl groups excluding tert-OH is 1. The lowest BCUT2D eigenvalue weighted by Crippen LogP contribution is -2.34. The average Bonchev–Trinajstić information content (AvgIpc) is 3.72. The number of carbonyl (C=O) groups excluding carboxylic acids is 1. The van der Waals surface area contributed by atoms with Gasteiger partial charge >= 0.3 is 0 Å². The predicted octanol–water partition coefficient (Wildman–Crippen LogP) is 2.94. The number of aryl methyl sites for hydroxylation is 1. The summed E-state index contributed by atoms with van der Waals surface area (Å²) in [7, 11) is 0. The second-order valence-corrected chi connectivity index (χ2v) is 10.9. The molecule has 10 nitrogen and oxygen atoms in total. The fourth-order valence-electron chi connectivity index (χ4n) is 5.97. The number of likely N-dealkylation sites (tertiary alicyclic amines) is 1. The number of rotatable bonds is 5. The van der Waals surface area contributed by atoms with Crippen molar-refractivity contribution in [2.24, 2.45) is 0 Å². The van der Waals surface area contributed by atoms with Gasteiger partial charge in [-0.15, -0.1) is 0 Å². The lowest BCUT2D eigenvalue weighted by Gasteiger charge is -2.18. The highest BCUT2D eigenvalue weighted by molar-refractivity contribution is 6.33. The molecular weight excluding hydrogens is 536 g/mol. The van der Waals surface area contributed by atoms with Crippen LogP contribution >= 0.6 is 11.6 Å². The summed E-state index contributed by atoms with van der Waals surface area (Å²) in [6, 6.07) is 4.41. The highest BCUT2D eigenvalue weighted by Crippen LogP contribution is 2.38. The van der Waals surface area contributed by atoms with Crippen molar-refractivity contribution in [1.29, 1.82) is 0 Å². The Kier molecular flexibility index (Phi) is 6.10. The van der Waals surface area contributed by atoms with Gasteiger partial charge in [0, 0.05) is 17.7 Å². The van der Waals surface area contributed by atoms with Crippen LogP contribution in [0.4, 0.5) is 14.6 Å². The number of aromatic nitrogens is 3. The maximum atomic E-state index is 15.3. The van der Waals surface area contributed by atoms with Crippen molar-refractivity contribution in [1.82, 2.24) is 19.9 Å². The number of aliphatic hydroxyl groups is 1. The summed E-state index contributed by atoms with van der Waals surface area (Å²) in [6.07, 6.45) is -1.49. The number of H-pyrrole nitrogens is 1. The molecule has 3 aliphatic heterocycles. The SMILES string of the molecule is O=C(c1cc(F)c2c(c1)CCC2Nc1nc2nc(O[C@@H]3CO[C@H]4[C@@H]3OC[C@H]4O)[nH]c2cc1Cl)N1CC[C@H](F)C1. The van der Waals surface area contributed by atoms with Crippen molar-refractivity contribution in [3.8, 4) is 6.01 Å². The van der Waals surface area contributed by atoms with Crippen molar-refractivity contribution in [3.63, 3.8) is 0 Å². The molecule has 6 atom stereocenters. The molecule has 0 saturated carbocycles. The number of hydrogen-bond acceptors (Lipinski definition) is 8. The van der Waals surface area contributed by atoms with Crippen LogP contribution in [0.15, 0.2) is 18.2 Å². The molecule has 13 heteroatoms. The molecule has 7 rings (SSSR count). The maximum Gasteiger partial charge on any atom is 0.296 e. The topological polar surface area (TPSA) is 122 Å². The standard InChI is InChI=1S/C26H26ClF2N5O5/c27-14-7-17-24(33-26(31-17)39-19-10-38-21-18(35)9-37-22(19)21)32-23(14)30-16-2-1-11-5-12(6-15(29)20(11)16)25(36)34-4-3-13(28)8-34/h5-7,13,16,18-19,21-22,35H,1-4,8-10H2,(H2,30,31,32,33)/t13-,16?,18+,19+,21+,22+/m0/s1. The van der Waals surface area contributed by atoms with Crippen LogP contribution in [0.25, 0.3) is 11.2 Å². The molecule has 3 fully saturated rings. The van der Waals surface area contributed by atoms with Gasteiger partial charge in [0.1, 0.15) is 36.1 Å². The molecule has 1 amide bonds. The quantitative estimate of drug-likeness (QED) is 0.435. The molecule has 5 heterocycles. The molecule has 1 aromatic carbocycles. The Hall–Kier alpha value is -3.06. The first-order chi connectivity index (χ1) is 18.8. The monoisotopic (exact) mass is 561 g/mol. The van der Waals surface area contributed by atoms with E-state index in [1.54, 1.807) is 12.1 Å². The summed E-state index contributed by atoms with van der Waals surface area (Å²) in [5.74, 6) is -0.502. The molecule has 0 bridgehead atoms. The summed E-state index contributed by atoms with van der Waals surface area (Å²) < 4.78 is 46.0. The molecule has 39 heavy (non-hydrogen) atoms. The van der Waals surface area contributed by atoms with E-state index in [2.05, 4.69) is 20.3 Å². The number of amides is 1. The largest absolute Gasteiger partial charge is 0.456 e. The molecular formula is C26H26ClF2N5O5. The third-order valence-electron chi connectivity index (χ3n) is 7.89. The number of anilines is 1. The van der Waals surface area contributed by atoms with E-state index in [9.17, 15) is 14.3 Å². The van der Waals surface area contributed by atoms with Crippen molar-refractivity contribution in [2.75, 3.05) is 31.6 Å². The summed E-state index contributed by atoms with van der Waals surface area (Å²) in [6.45, 7) is 0.837. The molecule has 0 radical (unpaired) electrons. The minimum absolute atomic E-state index is 0.0424. The molecule has 1 aliphatic carbocycles. The maximum absolute atomic E-state index is 15.3. The summed E-state index contributed by atoms with van der Waals surface area (Å²) in [5.41, 5.74) is 2.35. The number of carbonyl (C=O) groups is 1. The van der Waals surface area contributed by atoms with Crippen LogP contribution in [0, 0.1) is 5.82 Å². The van der Waals surface area contributed by atoms with E-state index >= 15 is 4.39 Å². The molecule has 3 saturated heterocycles. The number of imidazole rings is 1. The summed E-state index contributed by atoms with van der Waals surface area (Å²) in [4.78, 5) is 26.2. The molecule has 206 valence electrons. The third kappa shape index (κ3) is 4.39. The van der Waals surface area contributed by atoms with Gasteiger partial charge in [0.05, 0.1) is 36.3 Å². The first-order valence-corrected chi connectivity index (χ1v) is 13.4. The number of aromatic amines is 1. The summed E-state index contributed by atoms with van der Waals surface area (Å²) >= 11 is 6.51. The van der Waals surface area contributed by atoms with Gasteiger partial charge in [-0.25, -0.2) is 13.8 Å². The van der Waals surface area contributed by atoms with Crippen LogP contribution in [0.2, 0.25) is 5.02 Å². The van der Waals surface area contributed by atoms with E-state index in [0.717, 1.165) is 5.56 Å². The van der Waals surface area contributed by atoms with Gasteiger partial charge in [-0.3, -0.25) is 4.79 Å². The minimum Gasteiger partial charge on any atom is -0.456 e. The van der Waals surface area contributed by atoms with Gasteiger partial charge in [-0.2, -0.15) is 4.98 Å². The number of halogens is 3. The van der Waals surface area contributed by atoms with Crippen LogP contribution < -0.4 is 10.1 Å². The predicted molar refractivity (Wildman–Crippen MR) is 135 cm³/mol. The molecule has 3 N–H and O–H groups in total. The number of nitrogens with zero attached hydrogens (tertiary/aromatic N) is 3. The number of hydrogen-bond donors (Lipinski definition) is 3. The second-order valence-electron chi connectivity index (χ2n) is 10.5. The van der Waals surface area contributed by atoms with Crippen molar-refractivity contribution >= 4 is 34.5 Å². The molecule has 4 aliphatic rings. The Bertz CT molecular complexity index is 1460. The number of fused-ring (bicyclic) bond motifs is 3. The van der Waals surface area contributed by atoms with E-state index in [0.29, 0.717) is 53.4 Å². The second kappa shape index (κ2) is 9.54. The minimum atomic E-state index is -1.03. The lowest BCUT2D eigenvalue weighted by molar-refractivity contribution is 0.00706.